The van der Waals surface area contributed by atoms with E-state index in [1.165, 1.54) is 11.1 Å². The topological polar surface area (TPSA) is 21.6 Å². The van der Waals surface area contributed by atoms with Crippen molar-refractivity contribution < 1.29 is 4.74 Å². The van der Waals surface area contributed by atoms with Crippen molar-refractivity contribution in [3.8, 4) is 0 Å². The van der Waals surface area contributed by atoms with Gasteiger partial charge in [0.25, 0.3) is 0 Å². The molecule has 0 heterocycles. The SMILES string of the molecule is C=S=Nc1cccc(COC)c1. The predicted molar refractivity (Wildman–Crippen MR) is 53.7 cm³/mol. The summed E-state index contributed by atoms with van der Waals surface area (Å²) < 4.78 is 9.10. The van der Waals surface area contributed by atoms with Gasteiger partial charge in [0, 0.05) is 7.11 Å². The highest BCUT2D eigenvalue weighted by Gasteiger charge is 1.92. The summed E-state index contributed by atoms with van der Waals surface area (Å²) in [4.78, 5) is 0. The van der Waals surface area contributed by atoms with Crippen LogP contribution in [-0.4, -0.2) is 13.0 Å². The Balaban J connectivity index is 2.87. The van der Waals surface area contributed by atoms with Crippen LogP contribution in [0.15, 0.2) is 28.6 Å². The van der Waals surface area contributed by atoms with Gasteiger partial charge < -0.3 is 4.74 Å². The minimum absolute atomic E-state index is 0.630. The second-order valence-electron chi connectivity index (χ2n) is 2.32. The van der Waals surface area contributed by atoms with Crippen molar-refractivity contribution in [3.63, 3.8) is 0 Å². The molecule has 0 saturated heterocycles. The van der Waals surface area contributed by atoms with E-state index in [1.807, 2.05) is 24.3 Å². The molecule has 0 unspecified atom stereocenters. The average Bonchev–Trinajstić information content (AvgIpc) is 2.06. The number of hydrogen-bond donors (Lipinski definition) is 0. The summed E-state index contributed by atoms with van der Waals surface area (Å²) in [5.41, 5.74) is 2.07. The van der Waals surface area contributed by atoms with E-state index in [9.17, 15) is 0 Å². The van der Waals surface area contributed by atoms with Gasteiger partial charge >= 0.3 is 0 Å². The fourth-order valence-corrected chi connectivity index (χ4v) is 1.21. The van der Waals surface area contributed by atoms with Gasteiger partial charge in [-0.25, -0.2) is 0 Å². The van der Waals surface area contributed by atoms with Crippen LogP contribution in [0.3, 0.4) is 0 Å². The zero-order valence-electron chi connectivity index (χ0n) is 6.99. The summed E-state index contributed by atoms with van der Waals surface area (Å²) >= 11 is 1.22. The quantitative estimate of drug-likeness (QED) is 0.655. The normalized spacial score (nSPS) is 9.42. The lowest BCUT2D eigenvalue weighted by molar-refractivity contribution is 0.185. The molecule has 0 bridgehead atoms. The van der Waals surface area contributed by atoms with Crippen molar-refractivity contribution >= 4 is 22.7 Å². The first kappa shape index (κ1) is 9.16. The van der Waals surface area contributed by atoms with Crippen LogP contribution in [0.2, 0.25) is 0 Å². The third-order valence-electron chi connectivity index (χ3n) is 1.39. The Morgan fingerprint density at radius 2 is 2.42 bits per heavy atom. The highest BCUT2D eigenvalue weighted by Crippen LogP contribution is 2.13. The van der Waals surface area contributed by atoms with Crippen LogP contribution < -0.4 is 0 Å². The van der Waals surface area contributed by atoms with Crippen molar-refractivity contribution in [2.45, 2.75) is 6.61 Å². The van der Waals surface area contributed by atoms with E-state index in [0.717, 1.165) is 11.3 Å². The first-order valence-corrected chi connectivity index (χ1v) is 4.51. The van der Waals surface area contributed by atoms with Gasteiger partial charge in [0.1, 0.15) is 0 Å². The van der Waals surface area contributed by atoms with E-state index in [-0.39, 0.29) is 0 Å². The number of hydrogen-bond acceptors (Lipinski definition) is 2. The van der Waals surface area contributed by atoms with E-state index in [1.54, 1.807) is 7.11 Å². The maximum atomic E-state index is 5.00. The molecule has 0 aliphatic rings. The molecule has 3 heteroatoms. The van der Waals surface area contributed by atoms with Crippen LogP contribution in [0.4, 0.5) is 5.69 Å². The summed E-state index contributed by atoms with van der Waals surface area (Å²) in [7, 11) is 1.68. The van der Waals surface area contributed by atoms with Crippen molar-refractivity contribution in [2.75, 3.05) is 7.11 Å². The van der Waals surface area contributed by atoms with Gasteiger partial charge in [0.15, 0.2) is 0 Å². The Bertz CT molecular complexity index is 305. The van der Waals surface area contributed by atoms with E-state index in [2.05, 4.69) is 10.2 Å². The van der Waals surface area contributed by atoms with Gasteiger partial charge in [0.2, 0.25) is 0 Å². The van der Waals surface area contributed by atoms with Gasteiger partial charge in [-0.15, -0.1) is 0 Å². The van der Waals surface area contributed by atoms with Gasteiger partial charge in [-0.05, 0) is 23.6 Å². The highest BCUT2D eigenvalue weighted by molar-refractivity contribution is 7.66. The average molecular weight is 181 g/mol. The summed E-state index contributed by atoms with van der Waals surface area (Å²) in [6.45, 7) is 0.630. The number of methoxy groups -OCH3 is 1. The van der Waals surface area contributed by atoms with Crippen molar-refractivity contribution in [1.29, 1.82) is 0 Å². The molecular formula is C9H11NOS. The number of ether oxygens (including phenoxy) is 1. The maximum absolute atomic E-state index is 5.00. The third kappa shape index (κ3) is 2.60. The fourth-order valence-electron chi connectivity index (χ4n) is 0.944. The summed E-state index contributed by atoms with van der Waals surface area (Å²) in [6, 6.07) is 7.90. The second-order valence-corrected chi connectivity index (χ2v) is 2.76. The van der Waals surface area contributed by atoms with Gasteiger partial charge in [-0.1, -0.05) is 23.3 Å². The molecule has 0 radical (unpaired) electrons. The van der Waals surface area contributed by atoms with Crippen LogP contribution in [0.25, 0.3) is 0 Å². The van der Waals surface area contributed by atoms with Crippen LogP contribution in [0.5, 0.6) is 0 Å². The minimum Gasteiger partial charge on any atom is -0.380 e. The molecule has 0 spiro atoms. The summed E-state index contributed by atoms with van der Waals surface area (Å²) in [6.07, 6.45) is 0. The Labute approximate surface area is 75.9 Å². The predicted octanol–water partition coefficient (Wildman–Crippen LogP) is 2.16. The van der Waals surface area contributed by atoms with Crippen molar-refractivity contribution in [3.05, 3.63) is 29.8 Å². The molecule has 0 fully saturated rings. The van der Waals surface area contributed by atoms with Crippen LogP contribution in [0.1, 0.15) is 5.56 Å². The number of rotatable bonds is 3. The molecule has 1 rings (SSSR count). The fraction of sp³-hybridized carbons (Fsp3) is 0.222. The molecular weight excluding hydrogens is 170 g/mol. The first-order valence-electron chi connectivity index (χ1n) is 3.57. The second kappa shape index (κ2) is 4.85. The molecule has 0 aliphatic carbocycles. The van der Waals surface area contributed by atoms with Crippen molar-refractivity contribution in [1.82, 2.24) is 0 Å². The number of benzene rings is 1. The monoisotopic (exact) mass is 181 g/mol. The minimum atomic E-state index is 0.630. The zero-order chi connectivity index (χ0) is 8.81. The van der Waals surface area contributed by atoms with E-state index >= 15 is 0 Å². The Morgan fingerprint density at radius 1 is 1.58 bits per heavy atom. The molecule has 2 nitrogen and oxygen atoms in total. The zero-order valence-corrected chi connectivity index (χ0v) is 7.80. The Kier molecular flexibility index (Phi) is 3.70. The molecule has 0 N–H and O–H groups in total. The smallest absolute Gasteiger partial charge is 0.0763 e. The lowest BCUT2D eigenvalue weighted by Gasteiger charge is -1.98. The Hall–Kier alpha value is -0.930. The standard InChI is InChI=1S/C9H11NOS/c1-11-7-8-4-3-5-9(6-8)10-12-2/h3-6H,2,7H2,1H3. The van der Waals surface area contributed by atoms with Crippen molar-refractivity contribution in [2.24, 2.45) is 4.36 Å². The van der Waals surface area contributed by atoms with E-state index in [0.29, 0.717) is 6.61 Å². The lowest BCUT2D eigenvalue weighted by atomic mass is 10.2. The molecule has 1 aromatic carbocycles. The Morgan fingerprint density at radius 3 is 3.08 bits per heavy atom. The lowest BCUT2D eigenvalue weighted by Crippen LogP contribution is -1.85. The van der Waals surface area contributed by atoms with Gasteiger partial charge in [0.05, 0.1) is 12.3 Å². The van der Waals surface area contributed by atoms with E-state index in [4.69, 9.17) is 4.74 Å². The molecule has 0 saturated carbocycles. The van der Waals surface area contributed by atoms with Crippen LogP contribution in [-0.2, 0) is 22.5 Å². The summed E-state index contributed by atoms with van der Waals surface area (Å²) in [5.74, 6) is 3.58. The molecule has 1 aromatic rings. The summed E-state index contributed by atoms with van der Waals surface area (Å²) in [5, 5.41) is 0. The molecule has 0 aliphatic heterocycles. The third-order valence-corrected chi connectivity index (χ3v) is 1.73. The largest absolute Gasteiger partial charge is 0.380 e. The van der Waals surface area contributed by atoms with Crippen LogP contribution >= 0.6 is 0 Å². The van der Waals surface area contributed by atoms with Crippen LogP contribution in [0, 0.1) is 0 Å². The molecule has 0 aromatic heterocycles. The molecule has 0 atom stereocenters. The van der Waals surface area contributed by atoms with Gasteiger partial charge in [-0.2, -0.15) is 4.36 Å². The number of nitrogens with zero attached hydrogens (tertiary/aromatic N) is 1. The first-order chi connectivity index (χ1) is 5.86. The molecule has 12 heavy (non-hydrogen) atoms. The highest BCUT2D eigenvalue weighted by atomic mass is 32.1. The molecule has 0 amide bonds. The molecule has 64 valence electrons. The van der Waals surface area contributed by atoms with Gasteiger partial charge in [-0.3, -0.25) is 0 Å². The maximum Gasteiger partial charge on any atom is 0.0763 e. The van der Waals surface area contributed by atoms with E-state index < -0.39 is 0 Å².